The lowest BCUT2D eigenvalue weighted by atomic mass is 9.93. The number of aromatic nitrogens is 3. The van der Waals surface area contributed by atoms with Crippen molar-refractivity contribution in [2.24, 2.45) is 0 Å². The molecule has 0 aliphatic carbocycles. The molecule has 1 aliphatic rings. The molecule has 33 heavy (non-hydrogen) atoms. The summed E-state index contributed by atoms with van der Waals surface area (Å²) in [6.45, 7) is 3.72. The van der Waals surface area contributed by atoms with E-state index in [1.54, 1.807) is 6.07 Å². The predicted molar refractivity (Wildman–Crippen MR) is 137 cm³/mol. The summed E-state index contributed by atoms with van der Waals surface area (Å²) < 4.78 is 1.49. The molecule has 1 aliphatic heterocycles. The third-order valence-electron chi connectivity index (χ3n) is 6.21. The van der Waals surface area contributed by atoms with Crippen molar-refractivity contribution in [3.05, 3.63) is 87.3 Å². The van der Waals surface area contributed by atoms with Gasteiger partial charge >= 0.3 is 0 Å². The molecule has 0 radical (unpaired) electrons. The fraction of sp³-hybridized carbons (Fsp3) is 0.240. The Morgan fingerprint density at radius 2 is 1.85 bits per heavy atom. The molecule has 0 amide bonds. The SMILES string of the molecule is Cc1ccccc1NC(=S)N1CCC(c2cc(=O)n3[nH]c(-c4ccc(Cl)cc4)cc3n2)CC1. The van der Waals surface area contributed by atoms with Gasteiger partial charge in [-0.25, -0.2) is 9.50 Å². The molecule has 2 aromatic heterocycles. The second kappa shape index (κ2) is 9.00. The van der Waals surface area contributed by atoms with Crippen molar-refractivity contribution in [2.75, 3.05) is 18.4 Å². The van der Waals surface area contributed by atoms with Crippen LogP contribution in [0.5, 0.6) is 0 Å². The van der Waals surface area contributed by atoms with Crippen LogP contribution in [0, 0.1) is 6.92 Å². The summed E-state index contributed by atoms with van der Waals surface area (Å²) in [5, 5.41) is 7.92. The molecule has 8 heteroatoms. The quantitative estimate of drug-likeness (QED) is 0.396. The Morgan fingerprint density at radius 1 is 1.12 bits per heavy atom. The van der Waals surface area contributed by atoms with Gasteiger partial charge < -0.3 is 10.2 Å². The van der Waals surface area contributed by atoms with Gasteiger partial charge in [0.15, 0.2) is 10.8 Å². The predicted octanol–water partition coefficient (Wildman–Crippen LogP) is 5.23. The molecule has 168 valence electrons. The fourth-order valence-corrected chi connectivity index (χ4v) is 4.70. The summed E-state index contributed by atoms with van der Waals surface area (Å²) in [6, 6.07) is 19.2. The van der Waals surface area contributed by atoms with Gasteiger partial charge in [0.1, 0.15) is 0 Å². The Balaban J connectivity index is 1.30. The largest absolute Gasteiger partial charge is 0.349 e. The highest BCUT2D eigenvalue weighted by molar-refractivity contribution is 7.80. The van der Waals surface area contributed by atoms with Gasteiger partial charge in [0.05, 0.1) is 11.4 Å². The maximum atomic E-state index is 12.8. The average Bonchev–Trinajstić information content (AvgIpc) is 3.26. The van der Waals surface area contributed by atoms with Crippen LogP contribution in [0.25, 0.3) is 16.9 Å². The number of hydrogen-bond acceptors (Lipinski definition) is 3. The van der Waals surface area contributed by atoms with Crippen LogP contribution >= 0.6 is 23.8 Å². The third kappa shape index (κ3) is 4.51. The van der Waals surface area contributed by atoms with Crippen molar-refractivity contribution in [3.63, 3.8) is 0 Å². The van der Waals surface area contributed by atoms with Crippen molar-refractivity contribution in [2.45, 2.75) is 25.7 Å². The van der Waals surface area contributed by atoms with E-state index in [0.717, 1.165) is 59.2 Å². The van der Waals surface area contributed by atoms with Crippen molar-refractivity contribution >= 4 is 40.3 Å². The zero-order chi connectivity index (χ0) is 22.9. The maximum absolute atomic E-state index is 12.8. The van der Waals surface area contributed by atoms with Crippen LogP contribution in [0.2, 0.25) is 5.02 Å². The minimum Gasteiger partial charge on any atom is -0.349 e. The number of likely N-dealkylation sites (tertiary alicyclic amines) is 1. The standard InChI is InChI=1S/C25H24ClN5OS/c1-16-4-2-3-5-20(16)28-25(33)30-12-10-18(11-13-30)21-15-24(32)31-23(27-21)14-22(29-31)17-6-8-19(26)9-7-17/h2-9,14-15,18,29H,10-13H2,1H3,(H,28,33). The van der Waals surface area contributed by atoms with Crippen LogP contribution in [0.4, 0.5) is 5.69 Å². The van der Waals surface area contributed by atoms with Gasteiger partial charge in [-0.15, -0.1) is 0 Å². The highest BCUT2D eigenvalue weighted by Gasteiger charge is 2.24. The van der Waals surface area contributed by atoms with Gasteiger partial charge in [-0.2, -0.15) is 0 Å². The van der Waals surface area contributed by atoms with Gasteiger partial charge in [-0.1, -0.05) is 41.9 Å². The second-order valence-corrected chi connectivity index (χ2v) is 9.22. The number of anilines is 1. The van der Waals surface area contributed by atoms with E-state index in [0.29, 0.717) is 10.7 Å². The van der Waals surface area contributed by atoms with Crippen LogP contribution < -0.4 is 10.9 Å². The molecule has 3 heterocycles. The topological polar surface area (TPSA) is 65.4 Å². The number of rotatable bonds is 3. The van der Waals surface area contributed by atoms with Crippen LogP contribution in [0.15, 0.2) is 65.5 Å². The third-order valence-corrected chi connectivity index (χ3v) is 6.82. The van der Waals surface area contributed by atoms with E-state index in [9.17, 15) is 4.79 Å². The zero-order valence-electron chi connectivity index (χ0n) is 18.2. The minimum absolute atomic E-state index is 0.102. The van der Waals surface area contributed by atoms with Gasteiger partial charge in [0.25, 0.3) is 5.56 Å². The van der Waals surface area contributed by atoms with Crippen molar-refractivity contribution in [1.29, 1.82) is 0 Å². The number of nitrogens with one attached hydrogen (secondary N) is 2. The molecule has 0 spiro atoms. The summed E-state index contributed by atoms with van der Waals surface area (Å²) in [7, 11) is 0. The first kappa shape index (κ1) is 21.7. The highest BCUT2D eigenvalue weighted by Crippen LogP contribution is 2.28. The van der Waals surface area contributed by atoms with Crippen LogP contribution in [0.3, 0.4) is 0 Å². The fourth-order valence-electron chi connectivity index (χ4n) is 4.28. The Kier molecular flexibility index (Phi) is 5.91. The number of aromatic amines is 1. The van der Waals surface area contributed by atoms with Gasteiger partial charge in [0.2, 0.25) is 0 Å². The van der Waals surface area contributed by atoms with Crippen LogP contribution in [0.1, 0.15) is 30.0 Å². The molecule has 1 fully saturated rings. The molecule has 2 N–H and O–H groups in total. The second-order valence-electron chi connectivity index (χ2n) is 8.40. The van der Waals surface area contributed by atoms with Gasteiger partial charge in [-0.05, 0) is 61.3 Å². The Labute approximate surface area is 202 Å². The monoisotopic (exact) mass is 477 g/mol. The lowest BCUT2D eigenvalue weighted by Crippen LogP contribution is -2.40. The number of benzene rings is 2. The van der Waals surface area contributed by atoms with E-state index < -0.39 is 0 Å². The maximum Gasteiger partial charge on any atom is 0.272 e. The normalized spacial score (nSPS) is 14.5. The number of halogens is 1. The van der Waals surface area contributed by atoms with E-state index in [2.05, 4.69) is 28.3 Å². The van der Waals surface area contributed by atoms with E-state index in [4.69, 9.17) is 28.8 Å². The number of aryl methyl sites for hydroxylation is 1. The van der Waals surface area contributed by atoms with E-state index in [1.165, 1.54) is 4.52 Å². The van der Waals surface area contributed by atoms with Gasteiger partial charge in [0, 0.05) is 41.9 Å². The van der Waals surface area contributed by atoms with Crippen molar-refractivity contribution in [1.82, 2.24) is 19.5 Å². The molecule has 0 atom stereocenters. The molecule has 1 saturated heterocycles. The van der Waals surface area contributed by atoms with Crippen molar-refractivity contribution in [3.8, 4) is 11.3 Å². The van der Waals surface area contributed by atoms with E-state index in [1.807, 2.05) is 48.5 Å². The Hall–Kier alpha value is -3.16. The number of hydrogen-bond donors (Lipinski definition) is 2. The Morgan fingerprint density at radius 3 is 2.58 bits per heavy atom. The smallest absolute Gasteiger partial charge is 0.272 e. The van der Waals surface area contributed by atoms with Gasteiger partial charge in [-0.3, -0.25) is 9.89 Å². The lowest BCUT2D eigenvalue weighted by molar-refractivity contribution is 0.313. The minimum atomic E-state index is -0.102. The number of thiocarbonyl (C=S) groups is 1. The van der Waals surface area contributed by atoms with Crippen LogP contribution in [-0.2, 0) is 0 Å². The molecular weight excluding hydrogens is 454 g/mol. The summed E-state index contributed by atoms with van der Waals surface area (Å²) >= 11 is 11.6. The first-order chi connectivity index (χ1) is 16.0. The molecular formula is C25H24ClN5OS. The molecule has 6 nitrogen and oxygen atoms in total. The molecule has 0 unspecified atom stereocenters. The summed E-state index contributed by atoms with van der Waals surface area (Å²) in [5.41, 5.74) is 5.35. The van der Waals surface area contributed by atoms with Crippen LogP contribution in [-0.4, -0.2) is 37.7 Å². The molecule has 0 saturated carbocycles. The van der Waals surface area contributed by atoms with E-state index in [-0.39, 0.29) is 11.5 Å². The Bertz CT molecular complexity index is 1370. The first-order valence-electron chi connectivity index (χ1n) is 11.0. The summed E-state index contributed by atoms with van der Waals surface area (Å²) in [6.07, 6.45) is 1.79. The number of piperidine rings is 1. The molecule has 2 aromatic carbocycles. The number of H-pyrrole nitrogens is 1. The van der Waals surface area contributed by atoms with E-state index >= 15 is 0 Å². The highest BCUT2D eigenvalue weighted by atomic mass is 35.5. The number of fused-ring (bicyclic) bond motifs is 1. The lowest BCUT2D eigenvalue weighted by Gasteiger charge is -2.33. The first-order valence-corrected chi connectivity index (χ1v) is 11.8. The molecule has 4 aromatic rings. The zero-order valence-corrected chi connectivity index (χ0v) is 19.8. The molecule has 5 rings (SSSR count). The summed E-state index contributed by atoms with van der Waals surface area (Å²) in [5.74, 6) is 0.231. The molecule has 0 bridgehead atoms. The number of nitrogens with zero attached hydrogens (tertiary/aromatic N) is 3. The summed E-state index contributed by atoms with van der Waals surface area (Å²) in [4.78, 5) is 19.8. The van der Waals surface area contributed by atoms with Crippen molar-refractivity contribution < 1.29 is 0 Å². The number of para-hydroxylation sites is 1. The average molecular weight is 478 g/mol.